The highest BCUT2D eigenvalue weighted by Crippen LogP contribution is 2.38. The Morgan fingerprint density at radius 3 is 1.14 bits per heavy atom. The number of phosphoric ester groups is 1. The van der Waals surface area contributed by atoms with Crippen LogP contribution in [0.5, 0.6) is 0 Å². The fourth-order valence-corrected chi connectivity index (χ4v) is 10.6. The van der Waals surface area contributed by atoms with Gasteiger partial charge >= 0.3 is 0 Å². The third kappa shape index (κ3) is 58.5. The molecule has 0 radical (unpaired) electrons. The van der Waals surface area contributed by atoms with Crippen molar-refractivity contribution in [3.8, 4) is 0 Å². The molecule has 0 aromatic rings. The third-order valence-electron chi connectivity index (χ3n) is 14.9. The number of allylic oxidation sites excluding steroid dienone is 4. The molecule has 0 aliphatic rings. The molecule has 0 heterocycles. The van der Waals surface area contributed by atoms with E-state index in [1.54, 1.807) is 0 Å². The molecule has 3 atom stereocenters. The lowest BCUT2D eigenvalue weighted by atomic mass is 10.0. The maximum absolute atomic E-state index is 13.0. The predicted octanol–water partition coefficient (Wildman–Crippen LogP) is 19.3. The van der Waals surface area contributed by atoms with Gasteiger partial charge in [0.15, 0.2) is 0 Å². The standard InChI is InChI=1S/C64H127N2O6P/c1-6-8-10-12-14-16-18-20-22-24-26-27-28-29-30-31-32-33-34-35-36-37-38-39-40-42-44-46-48-50-52-54-56-58-64(68)65-62(61-72-73(69,70)71-60-59-66(3,4)5)63(67)57-55-53-51-49-47-45-43-41-25-23-21-19-17-15-13-11-9-7-2/h18,20,24,26,62-63,67H,6-17,19,21-23,25,27-61H2,1-5H3,(H-,65,68,69,70)/b20-18-,26-24-. The Morgan fingerprint density at radius 2 is 0.795 bits per heavy atom. The summed E-state index contributed by atoms with van der Waals surface area (Å²) in [4.78, 5) is 25.6. The Morgan fingerprint density at radius 1 is 0.479 bits per heavy atom. The number of hydrogen-bond donors (Lipinski definition) is 2. The zero-order valence-corrected chi connectivity index (χ0v) is 50.5. The van der Waals surface area contributed by atoms with Gasteiger partial charge in [-0.15, -0.1) is 0 Å². The van der Waals surface area contributed by atoms with Crippen LogP contribution in [0.3, 0.4) is 0 Å². The molecular formula is C64H127N2O6P. The number of quaternary nitrogens is 1. The SMILES string of the molecule is CCCCCCC/C=C\C/C=C\CCCCCCCCCCCCCCCCCCCCCCCC(=O)NC(COP(=O)([O-])OCC[N+](C)(C)C)C(O)CCCCCCCCCCCCCCCCCCCC. The summed E-state index contributed by atoms with van der Waals surface area (Å²) < 4.78 is 23.5. The zero-order chi connectivity index (χ0) is 53.5. The van der Waals surface area contributed by atoms with E-state index >= 15 is 0 Å². The number of aliphatic hydroxyl groups excluding tert-OH is 1. The van der Waals surface area contributed by atoms with Crippen LogP contribution in [-0.4, -0.2) is 68.5 Å². The summed E-state index contributed by atoms with van der Waals surface area (Å²) in [5.41, 5.74) is 0. The average molecular weight is 1050 g/mol. The van der Waals surface area contributed by atoms with E-state index in [9.17, 15) is 19.4 Å². The topological polar surface area (TPSA) is 108 Å². The molecule has 0 bridgehead atoms. The van der Waals surface area contributed by atoms with Crippen LogP contribution >= 0.6 is 7.82 Å². The first-order valence-corrected chi connectivity index (χ1v) is 33.6. The molecule has 73 heavy (non-hydrogen) atoms. The number of unbranched alkanes of at least 4 members (excludes halogenated alkanes) is 43. The minimum atomic E-state index is -4.57. The monoisotopic (exact) mass is 1050 g/mol. The minimum absolute atomic E-state index is 0.0150. The molecule has 0 spiro atoms. The van der Waals surface area contributed by atoms with E-state index in [1.807, 2.05) is 21.1 Å². The van der Waals surface area contributed by atoms with E-state index in [4.69, 9.17) is 9.05 Å². The Labute approximate surface area is 455 Å². The average Bonchev–Trinajstić information content (AvgIpc) is 3.35. The van der Waals surface area contributed by atoms with Gasteiger partial charge in [-0.3, -0.25) is 9.36 Å². The fourth-order valence-electron chi connectivity index (χ4n) is 9.90. The first kappa shape index (κ1) is 72.0. The predicted molar refractivity (Wildman–Crippen MR) is 316 cm³/mol. The van der Waals surface area contributed by atoms with Crippen LogP contribution in [0.15, 0.2) is 24.3 Å². The lowest BCUT2D eigenvalue weighted by Gasteiger charge is -2.30. The molecule has 2 N–H and O–H groups in total. The van der Waals surface area contributed by atoms with E-state index in [1.165, 1.54) is 257 Å². The molecule has 0 aliphatic heterocycles. The van der Waals surface area contributed by atoms with Gasteiger partial charge in [-0.1, -0.05) is 301 Å². The highest BCUT2D eigenvalue weighted by molar-refractivity contribution is 7.45. The van der Waals surface area contributed by atoms with Gasteiger partial charge in [0.05, 0.1) is 39.9 Å². The highest BCUT2D eigenvalue weighted by Gasteiger charge is 2.24. The molecule has 0 saturated heterocycles. The second-order valence-corrected chi connectivity index (χ2v) is 24.9. The molecule has 0 fully saturated rings. The summed E-state index contributed by atoms with van der Waals surface area (Å²) in [6.45, 7) is 4.76. The van der Waals surface area contributed by atoms with Crippen LogP contribution in [0.2, 0.25) is 0 Å². The number of carbonyl (C=O) groups is 1. The van der Waals surface area contributed by atoms with E-state index < -0.39 is 20.0 Å². The molecule has 0 saturated carbocycles. The Hall–Kier alpha value is -1.02. The van der Waals surface area contributed by atoms with Gasteiger partial charge in [0, 0.05) is 6.42 Å². The normalized spacial score (nSPS) is 13.9. The minimum Gasteiger partial charge on any atom is -0.756 e. The quantitative estimate of drug-likeness (QED) is 0.0272. The number of aliphatic hydroxyl groups is 1. The molecule has 0 rings (SSSR count). The van der Waals surface area contributed by atoms with Crippen LogP contribution in [-0.2, 0) is 18.4 Å². The fraction of sp³-hybridized carbons (Fsp3) is 0.922. The number of phosphoric acid groups is 1. The summed E-state index contributed by atoms with van der Waals surface area (Å²) in [5, 5.41) is 14.1. The van der Waals surface area contributed by atoms with Gasteiger partial charge in [-0.2, -0.15) is 0 Å². The summed E-state index contributed by atoms with van der Waals surface area (Å²) in [6, 6.07) is -0.798. The number of hydrogen-bond acceptors (Lipinski definition) is 6. The smallest absolute Gasteiger partial charge is 0.268 e. The van der Waals surface area contributed by atoms with Crippen LogP contribution in [0.1, 0.15) is 328 Å². The molecule has 9 heteroatoms. The van der Waals surface area contributed by atoms with E-state index in [2.05, 4.69) is 43.5 Å². The molecule has 434 valence electrons. The number of nitrogens with zero attached hydrogens (tertiary/aromatic N) is 1. The molecular weight excluding hydrogens is 924 g/mol. The van der Waals surface area contributed by atoms with Crippen LogP contribution in [0.4, 0.5) is 0 Å². The zero-order valence-electron chi connectivity index (χ0n) is 49.6. The molecule has 3 unspecified atom stereocenters. The van der Waals surface area contributed by atoms with Crippen LogP contribution in [0.25, 0.3) is 0 Å². The lowest BCUT2D eigenvalue weighted by molar-refractivity contribution is -0.870. The van der Waals surface area contributed by atoms with Gasteiger partial charge in [-0.05, 0) is 44.9 Å². The van der Waals surface area contributed by atoms with Crippen LogP contribution < -0.4 is 10.2 Å². The third-order valence-corrected chi connectivity index (χ3v) is 15.9. The Kier molecular flexibility index (Phi) is 54.9. The van der Waals surface area contributed by atoms with Gasteiger partial charge in [0.2, 0.25) is 5.91 Å². The second-order valence-electron chi connectivity index (χ2n) is 23.5. The van der Waals surface area contributed by atoms with Crippen molar-refractivity contribution in [2.45, 2.75) is 341 Å². The summed E-state index contributed by atoms with van der Waals surface area (Å²) >= 11 is 0. The maximum Gasteiger partial charge on any atom is 0.268 e. The van der Waals surface area contributed by atoms with Gasteiger partial charge in [0.25, 0.3) is 7.82 Å². The molecule has 8 nitrogen and oxygen atoms in total. The first-order valence-electron chi connectivity index (χ1n) is 32.2. The summed E-state index contributed by atoms with van der Waals surface area (Å²) in [5.74, 6) is -0.158. The summed E-state index contributed by atoms with van der Waals surface area (Å²) in [7, 11) is 1.32. The van der Waals surface area contributed by atoms with E-state index in [0.29, 0.717) is 23.9 Å². The largest absolute Gasteiger partial charge is 0.756 e. The van der Waals surface area contributed by atoms with Crippen LogP contribution in [0, 0.1) is 0 Å². The van der Waals surface area contributed by atoms with Crippen molar-refractivity contribution in [2.75, 3.05) is 40.9 Å². The van der Waals surface area contributed by atoms with Crippen molar-refractivity contribution in [3.63, 3.8) is 0 Å². The highest BCUT2D eigenvalue weighted by atomic mass is 31.2. The van der Waals surface area contributed by atoms with Gasteiger partial charge in [0.1, 0.15) is 13.2 Å². The maximum atomic E-state index is 13.0. The number of likely N-dealkylation sites (N-methyl/N-ethyl adjacent to an activating group) is 1. The van der Waals surface area contributed by atoms with Crippen molar-refractivity contribution in [1.82, 2.24) is 5.32 Å². The molecule has 0 aromatic heterocycles. The number of rotatable bonds is 60. The van der Waals surface area contributed by atoms with Gasteiger partial charge < -0.3 is 28.8 Å². The second kappa shape index (κ2) is 55.7. The van der Waals surface area contributed by atoms with Crippen molar-refractivity contribution in [1.29, 1.82) is 0 Å². The molecule has 0 aromatic carbocycles. The molecule has 0 aliphatic carbocycles. The molecule has 1 amide bonds. The first-order chi connectivity index (χ1) is 35.5. The van der Waals surface area contributed by atoms with E-state index in [-0.39, 0.29) is 19.1 Å². The number of nitrogens with one attached hydrogen (secondary N) is 1. The van der Waals surface area contributed by atoms with Crippen molar-refractivity contribution < 1.29 is 32.9 Å². The van der Waals surface area contributed by atoms with Crippen molar-refractivity contribution in [2.24, 2.45) is 0 Å². The number of carbonyl (C=O) groups excluding carboxylic acids is 1. The van der Waals surface area contributed by atoms with E-state index in [0.717, 1.165) is 44.9 Å². The number of amides is 1. The lowest BCUT2D eigenvalue weighted by Crippen LogP contribution is -2.46. The Bertz CT molecular complexity index is 1240. The Balaban J connectivity index is 3.98. The van der Waals surface area contributed by atoms with Crippen molar-refractivity contribution in [3.05, 3.63) is 24.3 Å². The van der Waals surface area contributed by atoms with Crippen molar-refractivity contribution >= 4 is 13.7 Å². The summed E-state index contributed by atoms with van der Waals surface area (Å²) in [6.07, 6.45) is 70.9. The van der Waals surface area contributed by atoms with Gasteiger partial charge in [-0.25, -0.2) is 0 Å².